The van der Waals surface area contributed by atoms with Crippen LogP contribution in [0.5, 0.6) is 0 Å². The fraction of sp³-hybridized carbons (Fsp3) is 0.538. The van der Waals surface area contributed by atoms with Gasteiger partial charge in [0.15, 0.2) is 5.78 Å². The second kappa shape index (κ2) is 5.48. The molecule has 0 aromatic carbocycles. The molecule has 1 aliphatic carbocycles. The fourth-order valence-corrected chi connectivity index (χ4v) is 3.21. The van der Waals surface area contributed by atoms with Crippen LogP contribution in [0.4, 0.5) is 0 Å². The van der Waals surface area contributed by atoms with Gasteiger partial charge in [0, 0.05) is 22.8 Å². The summed E-state index contributed by atoms with van der Waals surface area (Å²) in [7, 11) is 0. The van der Waals surface area contributed by atoms with Gasteiger partial charge < -0.3 is 0 Å². The van der Waals surface area contributed by atoms with Gasteiger partial charge in [-0.05, 0) is 25.0 Å². The molecule has 0 aliphatic heterocycles. The van der Waals surface area contributed by atoms with E-state index in [2.05, 4.69) is 4.98 Å². The molecule has 1 saturated carbocycles. The summed E-state index contributed by atoms with van der Waals surface area (Å²) in [6, 6.07) is 3.88. The van der Waals surface area contributed by atoms with Crippen LogP contribution in [-0.4, -0.2) is 16.0 Å². The monoisotopic (exact) mass is 235 g/mol. The molecule has 0 amide bonds. The lowest BCUT2D eigenvalue weighted by atomic mass is 10.2. The minimum absolute atomic E-state index is 0.123. The van der Waals surface area contributed by atoms with E-state index in [4.69, 9.17) is 0 Å². The van der Waals surface area contributed by atoms with Crippen molar-refractivity contribution in [2.75, 3.05) is 0 Å². The Balaban J connectivity index is 1.98. The molecule has 3 heteroatoms. The highest BCUT2D eigenvalue weighted by atomic mass is 32.2. The van der Waals surface area contributed by atoms with Crippen molar-refractivity contribution >= 4 is 17.5 Å². The zero-order valence-electron chi connectivity index (χ0n) is 9.61. The molecule has 1 heterocycles. The average Bonchev–Trinajstić information content (AvgIpc) is 2.82. The minimum atomic E-state index is 0.123. The number of aromatic nitrogens is 1. The van der Waals surface area contributed by atoms with Crippen molar-refractivity contribution in [3.63, 3.8) is 0 Å². The predicted octanol–water partition coefficient (Wildman–Crippen LogP) is 3.71. The number of nitrogens with zero attached hydrogens (tertiary/aromatic N) is 1. The summed E-state index contributed by atoms with van der Waals surface area (Å²) >= 11 is 1.91. The lowest BCUT2D eigenvalue weighted by molar-refractivity contribution is 0.0983. The highest BCUT2D eigenvalue weighted by molar-refractivity contribution is 8.00. The van der Waals surface area contributed by atoms with Gasteiger partial charge in [-0.25, -0.2) is 0 Å². The Morgan fingerprint density at radius 1 is 1.44 bits per heavy atom. The van der Waals surface area contributed by atoms with E-state index in [0.717, 1.165) is 5.25 Å². The first-order valence-corrected chi connectivity index (χ1v) is 6.83. The van der Waals surface area contributed by atoms with E-state index in [1.54, 1.807) is 0 Å². The van der Waals surface area contributed by atoms with Crippen molar-refractivity contribution in [1.82, 2.24) is 4.98 Å². The van der Waals surface area contributed by atoms with Crippen LogP contribution < -0.4 is 0 Å². The quantitative estimate of drug-likeness (QED) is 0.745. The first-order chi connectivity index (χ1) is 7.79. The average molecular weight is 235 g/mol. The Kier molecular flexibility index (Phi) is 3.99. The van der Waals surface area contributed by atoms with Crippen LogP contribution >= 0.6 is 11.8 Å². The maximum absolute atomic E-state index is 11.4. The van der Waals surface area contributed by atoms with Crippen LogP contribution in [0.1, 0.15) is 49.5 Å². The van der Waals surface area contributed by atoms with E-state index >= 15 is 0 Å². The number of Topliss-reactive ketones (excluding diaryl/α,β-unsaturated/α-hetero) is 1. The maximum Gasteiger partial charge on any atom is 0.180 e. The molecule has 0 spiro atoms. The van der Waals surface area contributed by atoms with E-state index in [-0.39, 0.29) is 5.78 Å². The number of ketones is 1. The van der Waals surface area contributed by atoms with Crippen molar-refractivity contribution in [3.8, 4) is 0 Å². The van der Waals surface area contributed by atoms with Gasteiger partial charge in [-0.15, -0.1) is 11.8 Å². The predicted molar refractivity (Wildman–Crippen MR) is 67.0 cm³/mol. The normalized spacial score (nSPS) is 16.6. The van der Waals surface area contributed by atoms with Gasteiger partial charge in [-0.1, -0.05) is 19.8 Å². The molecular formula is C13H17NOS. The zero-order chi connectivity index (χ0) is 11.4. The van der Waals surface area contributed by atoms with E-state index in [1.165, 1.54) is 30.6 Å². The Labute approximate surface area is 101 Å². The van der Waals surface area contributed by atoms with Crippen molar-refractivity contribution < 1.29 is 4.79 Å². The Hall–Kier alpha value is -0.830. The van der Waals surface area contributed by atoms with Gasteiger partial charge in [0.1, 0.15) is 5.69 Å². The molecule has 86 valence electrons. The molecule has 0 N–H and O–H groups in total. The second-order valence-electron chi connectivity index (χ2n) is 4.18. The van der Waals surface area contributed by atoms with Gasteiger partial charge in [-0.2, -0.15) is 0 Å². The fourth-order valence-electron chi connectivity index (χ4n) is 1.99. The third-order valence-corrected chi connectivity index (χ3v) is 4.27. The lowest BCUT2D eigenvalue weighted by Crippen LogP contribution is -2.00. The molecule has 1 fully saturated rings. The number of thioether (sulfide) groups is 1. The van der Waals surface area contributed by atoms with E-state index in [1.807, 2.05) is 37.0 Å². The Morgan fingerprint density at radius 2 is 2.19 bits per heavy atom. The molecule has 1 aliphatic rings. The second-order valence-corrected chi connectivity index (χ2v) is 5.55. The molecule has 1 aromatic rings. The highest BCUT2D eigenvalue weighted by Crippen LogP contribution is 2.34. The molecule has 0 unspecified atom stereocenters. The Morgan fingerprint density at radius 3 is 2.75 bits per heavy atom. The third kappa shape index (κ3) is 2.85. The minimum Gasteiger partial charge on any atom is -0.292 e. The van der Waals surface area contributed by atoms with Crippen LogP contribution in [0.15, 0.2) is 23.2 Å². The summed E-state index contributed by atoms with van der Waals surface area (Å²) in [5.74, 6) is 0.123. The largest absolute Gasteiger partial charge is 0.292 e. The highest BCUT2D eigenvalue weighted by Gasteiger charge is 2.16. The number of carbonyl (C=O) groups excluding carboxylic acids is 1. The summed E-state index contributed by atoms with van der Waals surface area (Å²) in [5, 5.41) is 0.759. The molecule has 2 rings (SSSR count). The van der Waals surface area contributed by atoms with E-state index in [9.17, 15) is 4.79 Å². The van der Waals surface area contributed by atoms with Crippen molar-refractivity contribution in [2.45, 2.75) is 49.2 Å². The van der Waals surface area contributed by atoms with Crippen LogP contribution in [-0.2, 0) is 0 Å². The number of rotatable bonds is 4. The summed E-state index contributed by atoms with van der Waals surface area (Å²) in [4.78, 5) is 16.8. The topological polar surface area (TPSA) is 30.0 Å². The van der Waals surface area contributed by atoms with Gasteiger partial charge in [-0.3, -0.25) is 9.78 Å². The molecule has 0 atom stereocenters. The van der Waals surface area contributed by atoms with Gasteiger partial charge in [0.05, 0.1) is 0 Å². The zero-order valence-corrected chi connectivity index (χ0v) is 10.4. The summed E-state index contributed by atoms with van der Waals surface area (Å²) in [6.07, 6.45) is 7.73. The number of pyridine rings is 1. The van der Waals surface area contributed by atoms with E-state index < -0.39 is 0 Å². The smallest absolute Gasteiger partial charge is 0.180 e. The Bertz CT molecular complexity index is 355. The number of carbonyl (C=O) groups is 1. The van der Waals surface area contributed by atoms with Crippen LogP contribution in [0.2, 0.25) is 0 Å². The molecular weight excluding hydrogens is 218 g/mol. The maximum atomic E-state index is 11.4. The van der Waals surface area contributed by atoms with E-state index in [0.29, 0.717) is 12.1 Å². The molecule has 16 heavy (non-hydrogen) atoms. The summed E-state index contributed by atoms with van der Waals surface area (Å²) < 4.78 is 0. The van der Waals surface area contributed by atoms with Gasteiger partial charge in [0.2, 0.25) is 0 Å². The SMILES string of the molecule is CCC(=O)c1ccc(SC2CCCC2)cn1. The number of hydrogen-bond donors (Lipinski definition) is 0. The molecule has 0 radical (unpaired) electrons. The standard InChI is InChI=1S/C13H17NOS/c1-2-13(15)12-8-7-11(9-14-12)16-10-5-3-4-6-10/h7-10H,2-6H2,1H3. The number of hydrogen-bond acceptors (Lipinski definition) is 3. The van der Waals surface area contributed by atoms with Crippen molar-refractivity contribution in [3.05, 3.63) is 24.0 Å². The van der Waals surface area contributed by atoms with Crippen LogP contribution in [0, 0.1) is 0 Å². The lowest BCUT2D eigenvalue weighted by Gasteiger charge is -2.08. The first-order valence-electron chi connectivity index (χ1n) is 5.95. The van der Waals surface area contributed by atoms with Gasteiger partial charge in [0.25, 0.3) is 0 Å². The molecule has 1 aromatic heterocycles. The first kappa shape index (κ1) is 11.6. The van der Waals surface area contributed by atoms with Crippen LogP contribution in [0.3, 0.4) is 0 Å². The molecule has 2 nitrogen and oxygen atoms in total. The van der Waals surface area contributed by atoms with Crippen molar-refractivity contribution in [2.24, 2.45) is 0 Å². The third-order valence-electron chi connectivity index (χ3n) is 2.95. The van der Waals surface area contributed by atoms with Crippen LogP contribution in [0.25, 0.3) is 0 Å². The van der Waals surface area contributed by atoms with Gasteiger partial charge >= 0.3 is 0 Å². The summed E-state index contributed by atoms with van der Waals surface area (Å²) in [5.41, 5.74) is 0.596. The summed E-state index contributed by atoms with van der Waals surface area (Å²) in [6.45, 7) is 1.87. The molecule has 0 bridgehead atoms. The van der Waals surface area contributed by atoms with Crippen molar-refractivity contribution in [1.29, 1.82) is 0 Å². The molecule has 0 saturated heterocycles.